The number of benzene rings is 2. The zero-order valence-corrected chi connectivity index (χ0v) is 14.3. The second kappa shape index (κ2) is 7.59. The Morgan fingerprint density at radius 2 is 1.50 bits per heavy atom. The maximum atomic E-state index is 12.5. The van der Waals surface area contributed by atoms with Gasteiger partial charge < -0.3 is 10.1 Å². The van der Waals surface area contributed by atoms with E-state index in [0.29, 0.717) is 0 Å². The van der Waals surface area contributed by atoms with E-state index in [4.69, 9.17) is 4.74 Å². The zero-order chi connectivity index (χ0) is 19.4. The fourth-order valence-electron chi connectivity index (χ4n) is 2.22. The van der Waals surface area contributed by atoms with E-state index in [1.807, 2.05) is 6.07 Å². The smallest absolute Gasteiger partial charge is 0.416 e. The number of carbonyl (C=O) groups excluding carboxylic acids is 2. The van der Waals surface area contributed by atoms with Gasteiger partial charge >= 0.3 is 12.1 Å². The van der Waals surface area contributed by atoms with Gasteiger partial charge in [0.05, 0.1) is 11.0 Å². The first-order valence-electron chi connectivity index (χ1n) is 7.80. The molecular formula is C19H18F3NO3. The number of alkyl halides is 3. The Morgan fingerprint density at radius 1 is 0.923 bits per heavy atom. The summed E-state index contributed by atoms with van der Waals surface area (Å²) in [5.74, 6) is -1.21. The minimum atomic E-state index is -4.44. The van der Waals surface area contributed by atoms with Crippen LogP contribution in [0.4, 0.5) is 18.9 Å². The monoisotopic (exact) mass is 365 g/mol. The third-order valence-electron chi connectivity index (χ3n) is 3.84. The topological polar surface area (TPSA) is 55.4 Å². The van der Waals surface area contributed by atoms with Gasteiger partial charge in [-0.3, -0.25) is 9.59 Å². The molecule has 0 saturated heterocycles. The Balaban J connectivity index is 1.91. The number of halogens is 3. The second-order valence-corrected chi connectivity index (χ2v) is 6.19. The van der Waals surface area contributed by atoms with Gasteiger partial charge in [0.25, 0.3) is 5.91 Å². The molecule has 0 aliphatic heterocycles. The van der Waals surface area contributed by atoms with Crippen molar-refractivity contribution in [2.24, 2.45) is 0 Å². The summed E-state index contributed by atoms with van der Waals surface area (Å²) in [5.41, 5.74) is -0.823. The van der Waals surface area contributed by atoms with Crippen LogP contribution in [0.5, 0.6) is 0 Å². The highest BCUT2D eigenvalue weighted by atomic mass is 19.4. The predicted octanol–water partition coefficient (Wildman–Crippen LogP) is 4.16. The summed E-state index contributed by atoms with van der Waals surface area (Å²) in [7, 11) is 0. The molecular weight excluding hydrogens is 347 g/mol. The fourth-order valence-corrected chi connectivity index (χ4v) is 2.22. The SMILES string of the molecule is CC(C)(C(=O)OCC(=O)Nc1ccc(C(F)(F)F)cc1)c1ccccc1. The van der Waals surface area contributed by atoms with E-state index < -0.39 is 35.6 Å². The van der Waals surface area contributed by atoms with Gasteiger partial charge in [-0.05, 0) is 43.7 Å². The van der Waals surface area contributed by atoms with E-state index in [1.165, 1.54) is 0 Å². The molecule has 0 unspecified atom stereocenters. The molecule has 2 rings (SSSR count). The Kier molecular flexibility index (Phi) is 5.69. The Bertz CT molecular complexity index is 769. The minimum absolute atomic E-state index is 0.182. The summed E-state index contributed by atoms with van der Waals surface area (Å²) in [6.07, 6.45) is -4.44. The van der Waals surface area contributed by atoms with Gasteiger partial charge in [0.1, 0.15) is 0 Å². The number of nitrogens with one attached hydrogen (secondary N) is 1. The molecule has 0 saturated carbocycles. The van der Waals surface area contributed by atoms with E-state index in [1.54, 1.807) is 38.1 Å². The summed E-state index contributed by atoms with van der Waals surface area (Å²) >= 11 is 0. The number of hydrogen-bond donors (Lipinski definition) is 1. The van der Waals surface area contributed by atoms with Gasteiger partial charge in [-0.1, -0.05) is 30.3 Å². The molecule has 26 heavy (non-hydrogen) atoms. The van der Waals surface area contributed by atoms with Crippen molar-refractivity contribution in [3.8, 4) is 0 Å². The van der Waals surface area contributed by atoms with Gasteiger partial charge in [0.15, 0.2) is 6.61 Å². The number of hydrogen-bond acceptors (Lipinski definition) is 3. The summed E-state index contributed by atoms with van der Waals surface area (Å²) in [5, 5.41) is 2.38. The third-order valence-corrected chi connectivity index (χ3v) is 3.84. The van der Waals surface area contributed by atoms with E-state index in [2.05, 4.69) is 5.32 Å². The minimum Gasteiger partial charge on any atom is -0.455 e. The van der Waals surface area contributed by atoms with Crippen molar-refractivity contribution < 1.29 is 27.5 Å². The van der Waals surface area contributed by atoms with Crippen LogP contribution in [0.25, 0.3) is 0 Å². The zero-order valence-electron chi connectivity index (χ0n) is 14.3. The summed E-state index contributed by atoms with van der Waals surface area (Å²) in [6.45, 7) is 2.83. The van der Waals surface area contributed by atoms with Gasteiger partial charge in [-0.25, -0.2) is 0 Å². The molecule has 7 heteroatoms. The van der Waals surface area contributed by atoms with Crippen LogP contribution in [0.3, 0.4) is 0 Å². The maximum Gasteiger partial charge on any atom is 0.416 e. The van der Waals surface area contributed by atoms with Crippen LogP contribution in [0.15, 0.2) is 54.6 Å². The van der Waals surface area contributed by atoms with Crippen molar-refractivity contribution in [1.29, 1.82) is 0 Å². The maximum absolute atomic E-state index is 12.5. The normalized spacial score (nSPS) is 11.7. The van der Waals surface area contributed by atoms with E-state index >= 15 is 0 Å². The lowest BCUT2D eigenvalue weighted by molar-refractivity contribution is -0.152. The van der Waals surface area contributed by atoms with Gasteiger partial charge in [-0.2, -0.15) is 13.2 Å². The van der Waals surface area contributed by atoms with Crippen LogP contribution in [0.1, 0.15) is 25.0 Å². The average Bonchev–Trinajstić information content (AvgIpc) is 2.60. The molecule has 138 valence electrons. The lowest BCUT2D eigenvalue weighted by Gasteiger charge is -2.22. The summed E-state index contributed by atoms with van der Waals surface area (Å²) < 4.78 is 42.5. The fraction of sp³-hybridized carbons (Fsp3) is 0.263. The molecule has 2 aromatic carbocycles. The number of rotatable bonds is 5. The predicted molar refractivity (Wildman–Crippen MR) is 90.5 cm³/mol. The number of ether oxygens (including phenoxy) is 1. The molecule has 0 atom stereocenters. The van der Waals surface area contributed by atoms with Crippen molar-refractivity contribution in [3.63, 3.8) is 0 Å². The standard InChI is InChI=1S/C19H18F3NO3/c1-18(2,13-6-4-3-5-7-13)17(25)26-12-16(24)23-15-10-8-14(9-11-15)19(20,21)22/h3-11H,12H2,1-2H3,(H,23,24). The molecule has 0 aliphatic rings. The Morgan fingerprint density at radius 3 is 2.04 bits per heavy atom. The van der Waals surface area contributed by atoms with Crippen molar-refractivity contribution in [2.45, 2.75) is 25.4 Å². The van der Waals surface area contributed by atoms with Gasteiger partial charge in [-0.15, -0.1) is 0 Å². The van der Waals surface area contributed by atoms with Crippen LogP contribution in [-0.2, 0) is 25.9 Å². The molecule has 1 N–H and O–H groups in total. The molecule has 0 spiro atoms. The molecule has 0 radical (unpaired) electrons. The number of anilines is 1. The van der Waals surface area contributed by atoms with Crippen LogP contribution in [-0.4, -0.2) is 18.5 Å². The summed E-state index contributed by atoms with van der Waals surface area (Å²) in [4.78, 5) is 24.1. The Hall–Kier alpha value is -2.83. The van der Waals surface area contributed by atoms with E-state index in [9.17, 15) is 22.8 Å². The van der Waals surface area contributed by atoms with Crippen molar-refractivity contribution >= 4 is 17.6 Å². The molecule has 0 aromatic heterocycles. The average molecular weight is 365 g/mol. The molecule has 0 heterocycles. The molecule has 0 fully saturated rings. The highest BCUT2D eigenvalue weighted by Crippen LogP contribution is 2.29. The van der Waals surface area contributed by atoms with Crippen LogP contribution in [0.2, 0.25) is 0 Å². The first-order chi connectivity index (χ1) is 12.1. The number of carbonyl (C=O) groups is 2. The number of esters is 1. The Labute approximate surface area is 149 Å². The second-order valence-electron chi connectivity index (χ2n) is 6.19. The molecule has 0 bridgehead atoms. The van der Waals surface area contributed by atoms with Crippen molar-refractivity contribution in [1.82, 2.24) is 0 Å². The van der Waals surface area contributed by atoms with Crippen molar-refractivity contribution in [2.75, 3.05) is 11.9 Å². The van der Waals surface area contributed by atoms with Crippen LogP contribution < -0.4 is 5.32 Å². The van der Waals surface area contributed by atoms with Gasteiger partial charge in [0.2, 0.25) is 0 Å². The first-order valence-corrected chi connectivity index (χ1v) is 7.80. The molecule has 2 aromatic rings. The van der Waals surface area contributed by atoms with E-state index in [0.717, 1.165) is 29.8 Å². The van der Waals surface area contributed by atoms with Crippen LogP contribution >= 0.6 is 0 Å². The lowest BCUT2D eigenvalue weighted by atomic mass is 9.85. The highest BCUT2D eigenvalue weighted by molar-refractivity contribution is 5.93. The number of amides is 1. The van der Waals surface area contributed by atoms with Crippen LogP contribution in [0, 0.1) is 0 Å². The van der Waals surface area contributed by atoms with E-state index in [-0.39, 0.29) is 5.69 Å². The third kappa shape index (κ3) is 4.84. The van der Waals surface area contributed by atoms with Gasteiger partial charge in [0, 0.05) is 5.69 Å². The summed E-state index contributed by atoms with van der Waals surface area (Å²) in [6, 6.07) is 13.0. The quantitative estimate of drug-likeness (QED) is 0.810. The molecule has 0 aliphatic carbocycles. The van der Waals surface area contributed by atoms with Crippen molar-refractivity contribution in [3.05, 3.63) is 65.7 Å². The first kappa shape index (κ1) is 19.5. The molecule has 1 amide bonds. The molecule has 4 nitrogen and oxygen atoms in total. The lowest BCUT2D eigenvalue weighted by Crippen LogP contribution is -2.33. The largest absolute Gasteiger partial charge is 0.455 e. The highest BCUT2D eigenvalue weighted by Gasteiger charge is 2.32.